The minimum absolute atomic E-state index is 0.245. The van der Waals surface area contributed by atoms with Crippen molar-refractivity contribution in [2.24, 2.45) is 5.10 Å². The Morgan fingerprint density at radius 2 is 1.58 bits per heavy atom. The Morgan fingerprint density at radius 1 is 0.868 bits per heavy atom. The lowest BCUT2D eigenvalue weighted by Crippen LogP contribution is -2.19. The van der Waals surface area contributed by atoms with Crippen molar-refractivity contribution in [2.75, 3.05) is 0 Å². The van der Waals surface area contributed by atoms with Gasteiger partial charge in [-0.25, -0.2) is 10.2 Å². The van der Waals surface area contributed by atoms with Crippen LogP contribution in [-0.2, 0) is 0 Å². The van der Waals surface area contributed by atoms with Gasteiger partial charge in [0.05, 0.1) is 22.3 Å². The molecule has 0 aliphatic rings. The van der Waals surface area contributed by atoms with Crippen LogP contribution in [0, 0.1) is 3.57 Å². The van der Waals surface area contributed by atoms with Gasteiger partial charge in [-0.1, -0.05) is 77.8 Å². The monoisotopic (exact) mass is 653 g/mol. The van der Waals surface area contributed by atoms with E-state index >= 15 is 0 Å². The maximum absolute atomic E-state index is 13.3. The van der Waals surface area contributed by atoms with Gasteiger partial charge in [-0.15, -0.1) is 0 Å². The largest absolute Gasteiger partial charge is 0.422 e. The number of carbonyl (C=O) groups excluding carboxylic acids is 2. The highest BCUT2D eigenvalue weighted by atomic mass is 127. The van der Waals surface area contributed by atoms with E-state index in [1.54, 1.807) is 54.6 Å². The summed E-state index contributed by atoms with van der Waals surface area (Å²) in [6, 6.07) is 26.7. The fourth-order valence-electron chi connectivity index (χ4n) is 3.97. The molecule has 0 saturated carbocycles. The molecule has 0 spiro atoms. The minimum atomic E-state index is -0.599. The number of esters is 1. The lowest BCUT2D eigenvalue weighted by atomic mass is 10.0. The molecule has 6 nitrogen and oxygen atoms in total. The number of hydrogen-bond acceptors (Lipinski definition) is 4. The molecule has 9 heteroatoms. The van der Waals surface area contributed by atoms with Crippen molar-refractivity contribution < 1.29 is 14.3 Å². The van der Waals surface area contributed by atoms with Gasteiger partial charge in [-0.2, -0.15) is 5.10 Å². The van der Waals surface area contributed by atoms with Crippen LogP contribution in [-0.4, -0.2) is 23.1 Å². The molecule has 1 heterocycles. The number of halogens is 3. The number of fused-ring (bicyclic) bond motifs is 1. The van der Waals surface area contributed by atoms with Gasteiger partial charge in [0.2, 0.25) is 0 Å². The van der Waals surface area contributed by atoms with Crippen LogP contribution in [0.1, 0.15) is 26.4 Å². The first-order chi connectivity index (χ1) is 18.4. The van der Waals surface area contributed by atoms with Gasteiger partial charge in [-0.3, -0.25) is 4.79 Å². The number of para-hydroxylation sites is 2. The van der Waals surface area contributed by atoms with Crippen LogP contribution in [0.2, 0.25) is 10.0 Å². The Labute approximate surface area is 241 Å². The fraction of sp³-hybridized carbons (Fsp3) is 0. The number of aromatic nitrogens is 1. The molecular formula is C29H18Cl2IN3O3. The van der Waals surface area contributed by atoms with Gasteiger partial charge in [-0.05, 0) is 59.0 Å². The summed E-state index contributed by atoms with van der Waals surface area (Å²) in [6.07, 6.45) is 1.41. The lowest BCUT2D eigenvalue weighted by molar-refractivity contribution is 0.0734. The summed E-state index contributed by atoms with van der Waals surface area (Å²) in [5, 5.41) is 5.82. The molecule has 5 aromatic rings. The van der Waals surface area contributed by atoms with E-state index in [2.05, 4.69) is 38.1 Å². The van der Waals surface area contributed by atoms with Crippen molar-refractivity contribution in [3.8, 4) is 16.9 Å². The number of H-pyrrole nitrogens is 1. The van der Waals surface area contributed by atoms with E-state index in [0.29, 0.717) is 26.9 Å². The van der Waals surface area contributed by atoms with Crippen LogP contribution in [0.3, 0.4) is 0 Å². The van der Waals surface area contributed by atoms with Crippen molar-refractivity contribution in [1.29, 1.82) is 0 Å². The minimum Gasteiger partial charge on any atom is -0.422 e. The number of nitrogens with one attached hydrogen (secondary N) is 2. The normalized spacial score (nSPS) is 11.1. The number of carbonyl (C=O) groups is 2. The molecule has 0 fully saturated rings. The molecule has 0 radical (unpaired) electrons. The van der Waals surface area contributed by atoms with Crippen molar-refractivity contribution in [3.63, 3.8) is 0 Å². The topological polar surface area (TPSA) is 83.5 Å². The number of rotatable bonds is 6. The Bertz CT molecular complexity index is 1710. The van der Waals surface area contributed by atoms with Crippen molar-refractivity contribution >= 4 is 74.8 Å². The molecule has 4 aromatic carbocycles. The number of aromatic amines is 1. The summed E-state index contributed by atoms with van der Waals surface area (Å²) >= 11 is 14.8. The second kappa shape index (κ2) is 11.4. The number of ether oxygens (including phenoxy) is 1. The summed E-state index contributed by atoms with van der Waals surface area (Å²) < 4.78 is 6.51. The highest BCUT2D eigenvalue weighted by Crippen LogP contribution is 2.37. The molecule has 0 aliphatic carbocycles. The lowest BCUT2D eigenvalue weighted by Gasteiger charge is -2.08. The Morgan fingerprint density at radius 3 is 2.37 bits per heavy atom. The second-order valence-corrected chi connectivity index (χ2v) is 10.1. The highest BCUT2D eigenvalue weighted by molar-refractivity contribution is 14.1. The van der Waals surface area contributed by atoms with E-state index in [0.717, 1.165) is 20.0 Å². The molecule has 0 saturated heterocycles. The van der Waals surface area contributed by atoms with Crippen LogP contribution in [0.25, 0.3) is 22.0 Å². The van der Waals surface area contributed by atoms with Crippen molar-refractivity contribution in [3.05, 3.63) is 121 Å². The first kappa shape index (κ1) is 26.0. The summed E-state index contributed by atoms with van der Waals surface area (Å²) in [7, 11) is 0. The van der Waals surface area contributed by atoms with E-state index < -0.39 is 11.9 Å². The van der Waals surface area contributed by atoms with Gasteiger partial charge in [0, 0.05) is 30.7 Å². The van der Waals surface area contributed by atoms with E-state index in [4.69, 9.17) is 27.9 Å². The molecule has 5 rings (SSSR count). The molecule has 0 bridgehead atoms. The predicted molar refractivity (Wildman–Crippen MR) is 159 cm³/mol. The van der Waals surface area contributed by atoms with Crippen LogP contribution in [0.4, 0.5) is 0 Å². The van der Waals surface area contributed by atoms with E-state index in [1.807, 2.05) is 36.4 Å². The third kappa shape index (κ3) is 5.31. The summed E-state index contributed by atoms with van der Waals surface area (Å²) in [6.45, 7) is 0. The first-order valence-corrected chi connectivity index (χ1v) is 13.2. The standard InChI is InChI=1S/C29H18Cl2IN3O3/c30-21-12-4-2-9-18(21)25-20-11-7-14-23(32)26(20)34-27(25)28(36)35-33-16-17-8-1-6-15-24(17)38-29(37)19-10-3-5-13-22(19)31/h1-16,34H,(H,35,36). The second-order valence-electron chi connectivity index (χ2n) is 8.12. The molecular weight excluding hydrogens is 636 g/mol. The molecule has 0 aliphatic heterocycles. The van der Waals surface area contributed by atoms with Crippen LogP contribution >= 0.6 is 45.8 Å². The molecule has 38 heavy (non-hydrogen) atoms. The van der Waals surface area contributed by atoms with Gasteiger partial charge < -0.3 is 9.72 Å². The van der Waals surface area contributed by atoms with Gasteiger partial charge in [0.15, 0.2) is 0 Å². The van der Waals surface area contributed by atoms with Gasteiger partial charge in [0.1, 0.15) is 11.4 Å². The average molecular weight is 654 g/mol. The Kier molecular flexibility index (Phi) is 7.78. The maximum Gasteiger partial charge on any atom is 0.345 e. The zero-order chi connectivity index (χ0) is 26.6. The van der Waals surface area contributed by atoms with E-state index in [1.165, 1.54) is 6.21 Å². The Balaban J connectivity index is 1.42. The zero-order valence-electron chi connectivity index (χ0n) is 19.5. The third-order valence-corrected chi connectivity index (χ3v) is 7.30. The van der Waals surface area contributed by atoms with Gasteiger partial charge in [0.25, 0.3) is 5.91 Å². The molecule has 188 valence electrons. The SMILES string of the molecule is O=C(Oc1ccccc1C=NNC(=O)c1[nH]c2c(I)cccc2c1-c1ccccc1Cl)c1ccccc1Cl. The van der Waals surface area contributed by atoms with Crippen molar-refractivity contribution in [1.82, 2.24) is 10.4 Å². The fourth-order valence-corrected chi connectivity index (χ4v) is 5.05. The molecule has 0 unspecified atom stereocenters. The average Bonchev–Trinajstić information content (AvgIpc) is 3.31. The molecule has 1 aromatic heterocycles. The molecule has 1 amide bonds. The predicted octanol–water partition coefficient (Wildman–Crippen LogP) is 7.73. The molecule has 0 atom stereocenters. The smallest absolute Gasteiger partial charge is 0.345 e. The van der Waals surface area contributed by atoms with Crippen molar-refractivity contribution in [2.45, 2.75) is 0 Å². The number of hydrogen-bond donors (Lipinski definition) is 2. The summed E-state index contributed by atoms with van der Waals surface area (Å²) in [5.41, 5.74) is 5.88. The third-order valence-electron chi connectivity index (χ3n) is 5.74. The Hall–Kier alpha value is -3.66. The zero-order valence-corrected chi connectivity index (χ0v) is 23.2. The number of amides is 1. The van der Waals surface area contributed by atoms with E-state index in [9.17, 15) is 9.59 Å². The number of hydrazone groups is 1. The quantitative estimate of drug-likeness (QED) is 0.0647. The number of nitrogens with zero attached hydrogens (tertiary/aromatic N) is 1. The summed E-state index contributed by atoms with van der Waals surface area (Å²) in [5.74, 6) is -0.779. The van der Waals surface area contributed by atoms with Crippen LogP contribution in [0.15, 0.2) is 96.1 Å². The van der Waals surface area contributed by atoms with Gasteiger partial charge >= 0.3 is 5.97 Å². The van der Waals surface area contributed by atoms with E-state index in [-0.39, 0.29) is 11.3 Å². The van der Waals surface area contributed by atoms with Crippen LogP contribution in [0.5, 0.6) is 5.75 Å². The maximum atomic E-state index is 13.3. The summed E-state index contributed by atoms with van der Waals surface area (Å²) in [4.78, 5) is 29.2. The molecule has 2 N–H and O–H groups in total. The highest BCUT2D eigenvalue weighted by Gasteiger charge is 2.22. The first-order valence-electron chi connectivity index (χ1n) is 11.4. The number of benzene rings is 4. The van der Waals surface area contributed by atoms with Crippen LogP contribution < -0.4 is 10.2 Å².